The van der Waals surface area contributed by atoms with Crippen molar-refractivity contribution in [2.75, 3.05) is 33.2 Å². The van der Waals surface area contributed by atoms with Crippen LogP contribution >= 0.6 is 0 Å². The SMILES string of the molecule is [2H]C1([2H])C[C@@]([2H])(N2C(=O)c3cccc(OCc4ccc(CN5C([2H])([2H])C([2H])([2H])OC([2H])([2H])C5([2H])[2H])cc4)c3C2([2H])[2H])C(=O)N(C)C1=C. The molecule has 2 fully saturated rings. The highest BCUT2D eigenvalue weighted by molar-refractivity contribution is 6.02. The van der Waals surface area contributed by atoms with Gasteiger partial charge in [-0.1, -0.05) is 36.9 Å². The van der Waals surface area contributed by atoms with Gasteiger partial charge in [-0.05, 0) is 36.1 Å². The van der Waals surface area contributed by atoms with Crippen LogP contribution in [0.5, 0.6) is 5.75 Å². The second-order valence-corrected chi connectivity index (χ2v) is 7.76. The van der Waals surface area contributed by atoms with E-state index >= 15 is 0 Å². The van der Waals surface area contributed by atoms with Crippen molar-refractivity contribution in [1.82, 2.24) is 14.7 Å². The van der Waals surface area contributed by atoms with Gasteiger partial charge in [0.25, 0.3) is 5.91 Å². The third kappa shape index (κ3) is 4.45. The number of morpholine rings is 1. The molecule has 5 rings (SSSR count). The van der Waals surface area contributed by atoms with Crippen molar-refractivity contribution < 1.29 is 36.9 Å². The molecule has 0 bridgehead atoms. The van der Waals surface area contributed by atoms with Crippen LogP contribution in [-0.2, 0) is 29.2 Å². The number of piperidine rings is 1. The lowest BCUT2D eigenvalue weighted by molar-refractivity contribution is -0.135. The Morgan fingerprint density at radius 1 is 1.15 bits per heavy atom. The van der Waals surface area contributed by atoms with Crippen LogP contribution in [0.15, 0.2) is 54.7 Å². The van der Waals surface area contributed by atoms with Gasteiger partial charge in [0, 0.05) is 51.6 Å². The normalized spacial score (nSPS) is 37.9. The first-order valence-corrected chi connectivity index (χ1v) is 10.5. The molecular formula is C27H31N3O4. The molecule has 178 valence electrons. The van der Waals surface area contributed by atoms with Gasteiger partial charge in [0.15, 0.2) is 0 Å². The molecule has 3 aliphatic rings. The molecule has 0 aliphatic carbocycles. The zero-order chi connectivity index (χ0) is 35.3. The Kier molecular flexibility index (Phi) is 3.39. The van der Waals surface area contributed by atoms with Gasteiger partial charge >= 0.3 is 0 Å². The van der Waals surface area contributed by atoms with Gasteiger partial charge in [-0.2, -0.15) is 0 Å². The Hall–Kier alpha value is -3.16. The Labute approximate surface area is 218 Å². The number of benzene rings is 2. The van der Waals surface area contributed by atoms with Gasteiger partial charge in [0.05, 0.1) is 29.2 Å². The van der Waals surface area contributed by atoms with Gasteiger partial charge in [0.2, 0.25) is 5.91 Å². The van der Waals surface area contributed by atoms with Crippen LogP contribution in [0, 0.1) is 0 Å². The number of likely N-dealkylation sites (N-methyl/N-ethyl adjacent to an activating group) is 1. The van der Waals surface area contributed by atoms with E-state index in [0.717, 1.165) is 4.90 Å². The van der Waals surface area contributed by atoms with Crippen LogP contribution in [0.4, 0.5) is 0 Å². The highest BCUT2D eigenvalue weighted by atomic mass is 16.5. The molecule has 0 spiro atoms. The minimum absolute atomic E-state index is 0.0702. The molecule has 2 saturated heterocycles. The standard InChI is InChI=1S/C27H31N3O4/c1-19-6-11-24(27(32)28(19)2)30-17-23-22(26(30)31)4-3-5-25(23)34-18-21-9-7-20(8-10-21)16-29-12-14-33-15-13-29/h3-5,7-10,24H,1,6,11-18H2,2H3/t24-/m1/s1/i6D2,12D2,13D2,14D2,15D2,17D2,24D. The average Bonchev–Trinajstić information content (AvgIpc) is 3.17. The van der Waals surface area contributed by atoms with E-state index in [4.69, 9.17) is 22.6 Å². The van der Waals surface area contributed by atoms with E-state index < -0.39 is 69.8 Å². The van der Waals surface area contributed by atoms with Crippen molar-refractivity contribution in [3.05, 3.63) is 77.0 Å². The highest BCUT2D eigenvalue weighted by Gasteiger charge is 2.40. The summed E-state index contributed by atoms with van der Waals surface area (Å²) in [7, 11) is 1.21. The summed E-state index contributed by atoms with van der Waals surface area (Å²) in [4.78, 5) is 28.4. The Bertz CT molecular complexity index is 1620. The van der Waals surface area contributed by atoms with Crippen LogP contribution in [0.2, 0.25) is 0 Å². The van der Waals surface area contributed by atoms with Crippen molar-refractivity contribution in [2.24, 2.45) is 0 Å². The number of nitrogens with zero attached hydrogens (tertiary/aromatic N) is 3. The highest BCUT2D eigenvalue weighted by Crippen LogP contribution is 2.35. The molecule has 0 N–H and O–H groups in total. The number of fused-ring (bicyclic) bond motifs is 1. The zero-order valence-electron chi connectivity index (χ0n) is 31.3. The summed E-state index contributed by atoms with van der Waals surface area (Å²) in [6.07, 6.45) is -3.13. The molecule has 7 nitrogen and oxygen atoms in total. The quantitative estimate of drug-likeness (QED) is 0.644. The molecule has 3 aliphatic heterocycles. The molecule has 2 aromatic carbocycles. The minimum Gasteiger partial charge on any atom is -0.489 e. The first-order chi connectivity index (χ1) is 21.3. The second-order valence-electron chi connectivity index (χ2n) is 7.76. The van der Waals surface area contributed by atoms with Gasteiger partial charge < -0.3 is 19.3 Å². The third-order valence-electron chi connectivity index (χ3n) is 5.59. The van der Waals surface area contributed by atoms with E-state index in [1.54, 1.807) is 0 Å². The van der Waals surface area contributed by atoms with Crippen LogP contribution in [-0.4, -0.2) is 65.7 Å². The Morgan fingerprint density at radius 3 is 2.65 bits per heavy atom. The van der Waals surface area contributed by atoms with E-state index in [-0.39, 0.29) is 29.2 Å². The number of rotatable bonds is 6. The van der Waals surface area contributed by atoms with Crippen LogP contribution in [0.1, 0.15) is 57.7 Å². The van der Waals surface area contributed by atoms with Gasteiger partial charge in [-0.3, -0.25) is 14.5 Å². The number of ether oxygens (including phenoxy) is 2. The first-order valence-electron chi connectivity index (χ1n) is 17.0. The van der Waals surface area contributed by atoms with E-state index in [2.05, 4.69) is 11.3 Å². The fraction of sp³-hybridized carbons (Fsp3) is 0.407. The Morgan fingerprint density at radius 2 is 1.88 bits per heavy atom. The summed E-state index contributed by atoms with van der Waals surface area (Å²) >= 11 is 0. The molecular weight excluding hydrogens is 430 g/mol. The van der Waals surface area contributed by atoms with E-state index in [0.29, 0.717) is 20.9 Å². The monoisotopic (exact) mass is 474 g/mol. The molecule has 1 atom stereocenters. The summed E-state index contributed by atoms with van der Waals surface area (Å²) in [5.74, 6) is -2.08. The predicted molar refractivity (Wildman–Crippen MR) is 128 cm³/mol. The number of carbonyl (C=O) groups is 2. The molecule has 0 radical (unpaired) electrons. The van der Waals surface area contributed by atoms with Crippen molar-refractivity contribution >= 4 is 11.8 Å². The van der Waals surface area contributed by atoms with E-state index in [1.165, 1.54) is 49.5 Å². The molecule has 2 amide bonds. The fourth-order valence-electron chi connectivity index (χ4n) is 3.66. The number of allylic oxidation sites excluding steroid dienone is 1. The van der Waals surface area contributed by atoms with Gasteiger partial charge in [0.1, 0.15) is 18.4 Å². The molecule has 2 aromatic rings. The number of amides is 2. The van der Waals surface area contributed by atoms with E-state index in [9.17, 15) is 9.59 Å². The summed E-state index contributed by atoms with van der Waals surface area (Å²) in [5, 5.41) is 0. The van der Waals surface area contributed by atoms with Crippen molar-refractivity contribution in [3.8, 4) is 5.75 Å². The number of hydrogen-bond acceptors (Lipinski definition) is 5. The second kappa shape index (κ2) is 9.60. The van der Waals surface area contributed by atoms with Crippen molar-refractivity contribution in [2.45, 2.75) is 38.5 Å². The van der Waals surface area contributed by atoms with Crippen molar-refractivity contribution in [1.29, 1.82) is 0 Å². The smallest absolute Gasteiger partial charge is 0.255 e. The minimum atomic E-state index is -3.17. The number of likely N-dealkylation sites (tertiary alicyclic amines) is 1. The van der Waals surface area contributed by atoms with E-state index in [1.807, 2.05) is 0 Å². The van der Waals surface area contributed by atoms with Gasteiger partial charge in [-0.25, -0.2) is 0 Å². The van der Waals surface area contributed by atoms with Crippen molar-refractivity contribution in [3.63, 3.8) is 0 Å². The summed E-state index contributed by atoms with van der Waals surface area (Å²) in [5.41, 5.74) is 0.185. The van der Waals surface area contributed by atoms with Crippen LogP contribution in [0.3, 0.4) is 0 Å². The lowest BCUT2D eigenvalue weighted by Gasteiger charge is -2.35. The van der Waals surface area contributed by atoms with Crippen LogP contribution < -0.4 is 4.74 Å². The predicted octanol–water partition coefficient (Wildman–Crippen LogP) is 3.19. The largest absolute Gasteiger partial charge is 0.489 e. The molecule has 0 aromatic heterocycles. The number of hydrogen-bond donors (Lipinski definition) is 0. The lowest BCUT2D eigenvalue weighted by atomic mass is 10.0. The summed E-state index contributed by atoms with van der Waals surface area (Å²) < 4.78 is 118. The maximum atomic E-state index is 13.5. The molecule has 0 unspecified atom stereocenters. The average molecular weight is 475 g/mol. The topological polar surface area (TPSA) is 62.3 Å². The molecule has 0 saturated carbocycles. The maximum absolute atomic E-state index is 13.5. The summed E-state index contributed by atoms with van der Waals surface area (Å²) in [6, 6.07) is 7.52. The fourth-order valence-corrected chi connectivity index (χ4v) is 3.66. The third-order valence-corrected chi connectivity index (χ3v) is 5.59. The number of carbonyl (C=O) groups excluding carboxylic acids is 2. The molecule has 3 heterocycles. The Balaban J connectivity index is 1.37. The summed E-state index contributed by atoms with van der Waals surface area (Å²) in [6.45, 7) is -12.3. The first kappa shape index (κ1) is 12.0. The van der Waals surface area contributed by atoms with Gasteiger partial charge in [-0.15, -0.1) is 0 Å². The molecule has 7 heteroatoms. The lowest BCUT2D eigenvalue weighted by Crippen LogP contribution is -2.50. The maximum Gasteiger partial charge on any atom is 0.255 e. The van der Waals surface area contributed by atoms with Crippen LogP contribution in [0.25, 0.3) is 0 Å². The molecule has 34 heavy (non-hydrogen) atoms. The zero-order valence-corrected chi connectivity index (χ0v) is 18.3.